The van der Waals surface area contributed by atoms with E-state index in [-0.39, 0.29) is 18.2 Å². The second kappa shape index (κ2) is 9.64. The molecule has 4 rings (SSSR count). The van der Waals surface area contributed by atoms with Gasteiger partial charge in [-0.15, -0.1) is 11.8 Å². The lowest BCUT2D eigenvalue weighted by atomic mass is 10.3. The Bertz CT molecular complexity index is 1110. The molecule has 2 amide bonds. The zero-order valence-corrected chi connectivity index (χ0v) is 19.5. The number of nitrogens with one attached hydrogen (secondary N) is 2. The number of thiocarbonyl (C=S) groups is 1. The van der Waals surface area contributed by atoms with Gasteiger partial charge >= 0.3 is 0 Å². The first-order valence-corrected chi connectivity index (χ1v) is 11.6. The van der Waals surface area contributed by atoms with Crippen LogP contribution in [0.2, 0.25) is 0 Å². The molecular formula is C23H18BrN3O2S2. The smallest absolute Gasteiger partial charge is 0.247 e. The lowest BCUT2D eigenvalue weighted by Gasteiger charge is -2.15. The zero-order chi connectivity index (χ0) is 21.8. The number of hydrogen-bond donors (Lipinski definition) is 2. The second-order valence-corrected chi connectivity index (χ2v) is 9.42. The van der Waals surface area contributed by atoms with Gasteiger partial charge in [-0.2, -0.15) is 0 Å². The van der Waals surface area contributed by atoms with Gasteiger partial charge in [0, 0.05) is 27.2 Å². The van der Waals surface area contributed by atoms with Gasteiger partial charge in [-0.3, -0.25) is 9.59 Å². The maximum atomic E-state index is 12.8. The van der Waals surface area contributed by atoms with Gasteiger partial charge in [-0.25, -0.2) is 4.90 Å². The maximum absolute atomic E-state index is 12.8. The van der Waals surface area contributed by atoms with Gasteiger partial charge in [0.25, 0.3) is 0 Å². The minimum atomic E-state index is -0.434. The highest BCUT2D eigenvalue weighted by atomic mass is 79.9. The van der Waals surface area contributed by atoms with Crippen molar-refractivity contribution in [2.45, 2.75) is 16.6 Å². The van der Waals surface area contributed by atoms with Crippen molar-refractivity contribution in [3.8, 4) is 0 Å². The van der Waals surface area contributed by atoms with Crippen molar-refractivity contribution in [2.24, 2.45) is 0 Å². The summed E-state index contributed by atoms with van der Waals surface area (Å²) in [6.07, 6.45) is 0.185. The number of amides is 2. The number of para-hydroxylation sites is 1. The van der Waals surface area contributed by atoms with Gasteiger partial charge in [0.2, 0.25) is 11.8 Å². The van der Waals surface area contributed by atoms with Gasteiger partial charge in [0.15, 0.2) is 5.11 Å². The standard InChI is InChI=1S/C23H18BrN3O2S2/c24-15-6-10-18(11-7-15)27-21(28)14-20(22(27)29)31-19-12-8-17(9-13-19)26-23(30)25-16-4-2-1-3-5-16/h1-13,20H,14H2,(H2,25,26,30). The first kappa shape index (κ1) is 21.5. The van der Waals surface area contributed by atoms with E-state index in [1.807, 2.05) is 66.7 Å². The zero-order valence-electron chi connectivity index (χ0n) is 16.2. The van der Waals surface area contributed by atoms with Crippen LogP contribution in [0.3, 0.4) is 0 Å². The Morgan fingerprint density at radius 2 is 1.52 bits per heavy atom. The Hall–Kier alpha value is -2.68. The van der Waals surface area contributed by atoms with E-state index in [9.17, 15) is 9.59 Å². The molecule has 5 nitrogen and oxygen atoms in total. The summed E-state index contributed by atoms with van der Waals surface area (Å²) in [7, 11) is 0. The molecule has 0 bridgehead atoms. The van der Waals surface area contributed by atoms with E-state index < -0.39 is 5.25 Å². The molecule has 2 N–H and O–H groups in total. The Kier molecular flexibility index (Phi) is 6.70. The summed E-state index contributed by atoms with van der Waals surface area (Å²) in [4.78, 5) is 27.5. The second-order valence-electron chi connectivity index (χ2n) is 6.82. The Balaban J connectivity index is 1.36. The minimum Gasteiger partial charge on any atom is -0.332 e. The normalized spacial score (nSPS) is 15.8. The van der Waals surface area contributed by atoms with Crippen LogP contribution in [0.5, 0.6) is 0 Å². The van der Waals surface area contributed by atoms with E-state index in [2.05, 4.69) is 26.6 Å². The molecule has 31 heavy (non-hydrogen) atoms. The lowest BCUT2D eigenvalue weighted by Crippen LogP contribution is -2.31. The molecule has 1 unspecified atom stereocenters. The van der Waals surface area contributed by atoms with Gasteiger partial charge in [-0.1, -0.05) is 34.1 Å². The third-order valence-electron chi connectivity index (χ3n) is 4.61. The van der Waals surface area contributed by atoms with Crippen LogP contribution in [0.25, 0.3) is 0 Å². The number of carbonyl (C=O) groups is 2. The van der Waals surface area contributed by atoms with Crippen molar-refractivity contribution >= 4 is 73.9 Å². The monoisotopic (exact) mass is 511 g/mol. The third kappa shape index (κ3) is 5.33. The molecule has 1 saturated heterocycles. The summed E-state index contributed by atoms with van der Waals surface area (Å²) in [5.41, 5.74) is 2.34. The summed E-state index contributed by atoms with van der Waals surface area (Å²) in [5.74, 6) is -0.367. The van der Waals surface area contributed by atoms with Gasteiger partial charge < -0.3 is 10.6 Å². The molecule has 1 fully saturated rings. The average molecular weight is 512 g/mol. The van der Waals surface area contributed by atoms with Crippen molar-refractivity contribution < 1.29 is 9.59 Å². The quantitative estimate of drug-likeness (QED) is 0.339. The molecule has 0 saturated carbocycles. The highest BCUT2D eigenvalue weighted by Crippen LogP contribution is 2.34. The van der Waals surface area contributed by atoms with Crippen LogP contribution in [-0.2, 0) is 9.59 Å². The third-order valence-corrected chi connectivity index (χ3v) is 6.54. The van der Waals surface area contributed by atoms with Gasteiger partial charge in [0.1, 0.15) is 0 Å². The van der Waals surface area contributed by atoms with Crippen LogP contribution in [0, 0.1) is 0 Å². The number of rotatable bonds is 5. The fraction of sp³-hybridized carbons (Fsp3) is 0.0870. The summed E-state index contributed by atoms with van der Waals surface area (Å²) in [6.45, 7) is 0. The first-order valence-electron chi connectivity index (χ1n) is 9.52. The van der Waals surface area contributed by atoms with Gasteiger partial charge in [0.05, 0.1) is 10.9 Å². The predicted molar refractivity (Wildman–Crippen MR) is 134 cm³/mol. The Morgan fingerprint density at radius 1 is 0.903 bits per heavy atom. The molecule has 1 atom stereocenters. The van der Waals surface area contributed by atoms with Crippen molar-refractivity contribution in [2.75, 3.05) is 15.5 Å². The van der Waals surface area contributed by atoms with Crippen molar-refractivity contribution in [1.29, 1.82) is 0 Å². The molecule has 1 aliphatic rings. The van der Waals surface area contributed by atoms with E-state index in [0.717, 1.165) is 20.7 Å². The molecule has 0 aromatic heterocycles. The summed E-state index contributed by atoms with van der Waals surface area (Å²) >= 11 is 10.1. The molecular weight excluding hydrogens is 494 g/mol. The average Bonchev–Trinajstić information content (AvgIpc) is 3.04. The van der Waals surface area contributed by atoms with E-state index in [1.54, 1.807) is 12.1 Å². The molecule has 0 aliphatic carbocycles. The SMILES string of the molecule is O=C1CC(Sc2ccc(NC(=S)Nc3ccccc3)cc2)C(=O)N1c1ccc(Br)cc1. The van der Waals surface area contributed by atoms with Crippen LogP contribution >= 0.6 is 39.9 Å². The van der Waals surface area contributed by atoms with Crippen LogP contribution < -0.4 is 15.5 Å². The lowest BCUT2D eigenvalue weighted by molar-refractivity contribution is -0.121. The fourth-order valence-electron chi connectivity index (χ4n) is 3.15. The summed E-state index contributed by atoms with van der Waals surface area (Å²) < 4.78 is 0.897. The molecule has 8 heteroatoms. The number of thioether (sulfide) groups is 1. The Labute approximate surface area is 198 Å². The van der Waals surface area contributed by atoms with Crippen molar-refractivity contribution in [1.82, 2.24) is 0 Å². The number of benzene rings is 3. The van der Waals surface area contributed by atoms with Crippen LogP contribution in [0.1, 0.15) is 6.42 Å². The summed E-state index contributed by atoms with van der Waals surface area (Å²) in [5, 5.41) is 6.32. The molecule has 0 radical (unpaired) electrons. The highest BCUT2D eigenvalue weighted by Gasteiger charge is 2.40. The van der Waals surface area contributed by atoms with E-state index in [0.29, 0.717) is 10.8 Å². The molecule has 3 aromatic rings. The summed E-state index contributed by atoms with van der Waals surface area (Å²) in [6, 6.07) is 24.5. The first-order chi connectivity index (χ1) is 15.0. The number of imide groups is 1. The number of nitrogens with zero attached hydrogens (tertiary/aromatic N) is 1. The Morgan fingerprint density at radius 3 is 2.16 bits per heavy atom. The maximum Gasteiger partial charge on any atom is 0.247 e. The number of halogens is 1. The van der Waals surface area contributed by atoms with Crippen LogP contribution in [0.15, 0.2) is 88.2 Å². The topological polar surface area (TPSA) is 61.4 Å². The van der Waals surface area contributed by atoms with Crippen LogP contribution in [0.4, 0.5) is 17.1 Å². The van der Waals surface area contributed by atoms with E-state index in [1.165, 1.54) is 16.7 Å². The largest absolute Gasteiger partial charge is 0.332 e. The van der Waals surface area contributed by atoms with Crippen molar-refractivity contribution in [3.05, 3.63) is 83.3 Å². The minimum absolute atomic E-state index is 0.180. The van der Waals surface area contributed by atoms with Gasteiger partial charge in [-0.05, 0) is 72.9 Å². The fourth-order valence-corrected chi connectivity index (χ4v) is 4.71. The number of carbonyl (C=O) groups excluding carboxylic acids is 2. The number of hydrogen-bond acceptors (Lipinski definition) is 4. The molecule has 1 aliphatic heterocycles. The highest BCUT2D eigenvalue weighted by molar-refractivity contribution is 9.10. The number of anilines is 3. The van der Waals surface area contributed by atoms with Crippen LogP contribution in [-0.4, -0.2) is 22.2 Å². The molecule has 1 heterocycles. The molecule has 156 valence electrons. The molecule has 0 spiro atoms. The van der Waals surface area contributed by atoms with E-state index in [4.69, 9.17) is 12.2 Å². The molecule has 3 aromatic carbocycles. The van der Waals surface area contributed by atoms with Crippen molar-refractivity contribution in [3.63, 3.8) is 0 Å². The predicted octanol–water partition coefficient (Wildman–Crippen LogP) is 5.68. The van der Waals surface area contributed by atoms with E-state index >= 15 is 0 Å².